The number of carbonyl (C=O) groups is 1. The van der Waals surface area contributed by atoms with E-state index in [1.807, 2.05) is 0 Å². The molecule has 1 aliphatic heterocycles. The molecule has 2 aliphatic rings. The Labute approximate surface area is 169 Å². The Morgan fingerprint density at radius 3 is 2.72 bits per heavy atom. The van der Waals surface area contributed by atoms with Gasteiger partial charge in [0.2, 0.25) is 0 Å². The number of aromatic nitrogens is 2. The quantitative estimate of drug-likeness (QED) is 0.693. The van der Waals surface area contributed by atoms with Crippen molar-refractivity contribution in [1.29, 1.82) is 0 Å². The SMILES string of the molecule is O=C(c1cc(F)cc(F)c1)N1CCC(c2nc3sc4c(c3c(=O)[nH]2)CCCC4)C1. The van der Waals surface area contributed by atoms with Gasteiger partial charge >= 0.3 is 0 Å². The number of benzene rings is 1. The normalized spacial score (nSPS) is 19.0. The molecule has 1 saturated heterocycles. The van der Waals surface area contributed by atoms with Crippen LogP contribution in [0.1, 0.15) is 51.8 Å². The topological polar surface area (TPSA) is 66.1 Å². The van der Waals surface area contributed by atoms with Gasteiger partial charge in [-0.25, -0.2) is 13.8 Å². The number of rotatable bonds is 2. The third kappa shape index (κ3) is 3.25. The highest BCUT2D eigenvalue weighted by molar-refractivity contribution is 7.18. The van der Waals surface area contributed by atoms with E-state index in [1.54, 1.807) is 16.2 Å². The van der Waals surface area contributed by atoms with E-state index in [1.165, 1.54) is 4.88 Å². The third-order valence-corrected chi connectivity index (χ3v) is 7.00. The van der Waals surface area contributed by atoms with Crippen molar-refractivity contribution < 1.29 is 13.6 Å². The fourth-order valence-corrected chi connectivity index (χ4v) is 5.67. The largest absolute Gasteiger partial charge is 0.338 e. The summed E-state index contributed by atoms with van der Waals surface area (Å²) in [5.41, 5.74) is 1.03. The Balaban J connectivity index is 1.42. The lowest BCUT2D eigenvalue weighted by Gasteiger charge is -2.16. The van der Waals surface area contributed by atoms with Crippen LogP contribution in [0.4, 0.5) is 8.78 Å². The maximum Gasteiger partial charge on any atom is 0.259 e. The van der Waals surface area contributed by atoms with Crippen molar-refractivity contribution in [2.24, 2.45) is 0 Å². The minimum Gasteiger partial charge on any atom is -0.338 e. The Morgan fingerprint density at radius 2 is 1.93 bits per heavy atom. The van der Waals surface area contributed by atoms with E-state index in [0.717, 1.165) is 59.7 Å². The molecule has 1 N–H and O–H groups in total. The summed E-state index contributed by atoms with van der Waals surface area (Å²) in [5, 5.41) is 0.717. The van der Waals surface area contributed by atoms with Crippen molar-refractivity contribution in [3.05, 3.63) is 62.0 Å². The van der Waals surface area contributed by atoms with E-state index in [2.05, 4.69) is 4.98 Å². The highest BCUT2D eigenvalue weighted by atomic mass is 32.1. The van der Waals surface area contributed by atoms with Gasteiger partial charge in [0.1, 0.15) is 22.3 Å². The number of hydrogen-bond acceptors (Lipinski definition) is 4. The van der Waals surface area contributed by atoms with Crippen LogP contribution in [0.3, 0.4) is 0 Å². The second-order valence-electron chi connectivity index (χ2n) is 7.74. The van der Waals surface area contributed by atoms with E-state index >= 15 is 0 Å². The molecule has 0 bridgehead atoms. The number of H-pyrrole nitrogens is 1. The number of aromatic amines is 1. The van der Waals surface area contributed by atoms with Crippen molar-refractivity contribution in [1.82, 2.24) is 14.9 Å². The Morgan fingerprint density at radius 1 is 1.17 bits per heavy atom. The molecule has 1 amide bonds. The first kappa shape index (κ1) is 18.4. The summed E-state index contributed by atoms with van der Waals surface area (Å²) in [6.45, 7) is 0.806. The van der Waals surface area contributed by atoms with Gasteiger partial charge in [-0.15, -0.1) is 11.3 Å². The van der Waals surface area contributed by atoms with Crippen LogP contribution in [0.25, 0.3) is 10.2 Å². The van der Waals surface area contributed by atoms with Gasteiger partial charge in [0.25, 0.3) is 11.5 Å². The van der Waals surface area contributed by atoms with Gasteiger partial charge in [-0.3, -0.25) is 9.59 Å². The predicted molar refractivity (Wildman–Crippen MR) is 107 cm³/mol. The minimum atomic E-state index is -0.776. The molecule has 1 aliphatic carbocycles. The Bertz CT molecular complexity index is 1170. The lowest BCUT2D eigenvalue weighted by molar-refractivity contribution is 0.0789. The number of nitrogens with one attached hydrogen (secondary N) is 1. The summed E-state index contributed by atoms with van der Waals surface area (Å²) in [6.07, 6.45) is 4.81. The van der Waals surface area contributed by atoms with Gasteiger partial charge in [-0.05, 0) is 49.8 Å². The zero-order valence-electron chi connectivity index (χ0n) is 15.6. The zero-order chi connectivity index (χ0) is 20.1. The molecular formula is C21H19F2N3O2S. The summed E-state index contributed by atoms with van der Waals surface area (Å²) in [5.74, 6) is -1.49. The maximum absolute atomic E-state index is 13.4. The Kier molecular flexibility index (Phi) is 4.46. The molecule has 0 saturated carbocycles. The first-order chi connectivity index (χ1) is 14.0. The van der Waals surface area contributed by atoms with Gasteiger partial charge in [-0.1, -0.05) is 0 Å². The molecule has 3 aromatic rings. The van der Waals surface area contributed by atoms with Crippen LogP contribution in [0, 0.1) is 11.6 Å². The van der Waals surface area contributed by atoms with E-state index in [0.29, 0.717) is 25.3 Å². The fourth-order valence-electron chi connectivity index (χ4n) is 4.40. The molecule has 1 atom stereocenters. The van der Waals surface area contributed by atoms with Crippen molar-refractivity contribution in [2.75, 3.05) is 13.1 Å². The first-order valence-corrected chi connectivity index (χ1v) is 10.6. The molecule has 0 spiro atoms. The summed E-state index contributed by atoms with van der Waals surface area (Å²) < 4.78 is 26.9. The monoisotopic (exact) mass is 415 g/mol. The molecule has 29 heavy (non-hydrogen) atoms. The van der Waals surface area contributed by atoms with Crippen molar-refractivity contribution >= 4 is 27.5 Å². The van der Waals surface area contributed by atoms with Crippen LogP contribution in [-0.4, -0.2) is 33.9 Å². The van der Waals surface area contributed by atoms with Crippen LogP contribution in [0.2, 0.25) is 0 Å². The average Bonchev–Trinajstić information content (AvgIpc) is 3.31. The second-order valence-corrected chi connectivity index (χ2v) is 8.82. The zero-order valence-corrected chi connectivity index (χ0v) is 16.5. The molecule has 1 fully saturated rings. The molecule has 1 aromatic carbocycles. The van der Waals surface area contributed by atoms with Gasteiger partial charge in [0, 0.05) is 35.5 Å². The molecular weight excluding hydrogens is 396 g/mol. The first-order valence-electron chi connectivity index (χ1n) is 9.79. The van der Waals surface area contributed by atoms with Gasteiger partial charge < -0.3 is 9.88 Å². The number of halogens is 2. The number of aryl methyl sites for hydroxylation is 2. The number of hydrogen-bond donors (Lipinski definition) is 1. The third-order valence-electron chi connectivity index (χ3n) is 5.82. The minimum absolute atomic E-state index is 0.00835. The highest BCUT2D eigenvalue weighted by Crippen LogP contribution is 2.35. The Hall–Kier alpha value is -2.61. The molecule has 8 heteroatoms. The van der Waals surface area contributed by atoms with Crippen molar-refractivity contribution in [3.8, 4) is 0 Å². The summed E-state index contributed by atoms with van der Waals surface area (Å²) in [4.78, 5) is 36.6. The second kappa shape index (κ2) is 7.02. The van der Waals surface area contributed by atoms with Crippen LogP contribution >= 0.6 is 11.3 Å². The van der Waals surface area contributed by atoms with E-state index in [9.17, 15) is 18.4 Å². The predicted octanol–water partition coefficient (Wildman–Crippen LogP) is 3.77. The number of nitrogens with zero attached hydrogens (tertiary/aromatic N) is 2. The van der Waals surface area contributed by atoms with Gasteiger partial charge in [0.15, 0.2) is 0 Å². The van der Waals surface area contributed by atoms with Gasteiger partial charge in [0.05, 0.1) is 5.39 Å². The summed E-state index contributed by atoms with van der Waals surface area (Å²) >= 11 is 1.60. The molecule has 1 unspecified atom stereocenters. The highest BCUT2D eigenvalue weighted by Gasteiger charge is 2.31. The fraction of sp³-hybridized carbons (Fsp3) is 0.381. The standard InChI is InChI=1S/C21H19F2N3O2S/c22-13-7-12(8-14(23)9-13)21(28)26-6-5-11(10-26)18-24-19(27)17-15-3-1-2-4-16(15)29-20(17)25-18/h7-9,11H,1-6,10H2,(H,24,25,27). The van der Waals surface area contributed by atoms with Crippen LogP contribution in [-0.2, 0) is 12.8 Å². The molecule has 5 nitrogen and oxygen atoms in total. The number of thiophene rings is 1. The van der Waals surface area contributed by atoms with E-state index in [-0.39, 0.29) is 17.0 Å². The van der Waals surface area contributed by atoms with Crippen LogP contribution in [0.15, 0.2) is 23.0 Å². The van der Waals surface area contributed by atoms with Crippen molar-refractivity contribution in [3.63, 3.8) is 0 Å². The summed E-state index contributed by atoms with van der Waals surface area (Å²) in [7, 11) is 0. The number of likely N-dealkylation sites (tertiary alicyclic amines) is 1. The van der Waals surface area contributed by atoms with Crippen LogP contribution < -0.4 is 5.56 Å². The molecule has 5 rings (SSSR count). The smallest absolute Gasteiger partial charge is 0.259 e. The molecule has 3 heterocycles. The number of carbonyl (C=O) groups excluding carboxylic acids is 1. The number of amides is 1. The number of fused-ring (bicyclic) bond motifs is 3. The van der Waals surface area contributed by atoms with Crippen molar-refractivity contribution in [2.45, 2.75) is 38.0 Å². The lowest BCUT2D eigenvalue weighted by atomic mass is 9.97. The molecule has 0 radical (unpaired) electrons. The average molecular weight is 415 g/mol. The molecule has 150 valence electrons. The van der Waals surface area contributed by atoms with Crippen LogP contribution in [0.5, 0.6) is 0 Å². The van der Waals surface area contributed by atoms with E-state index in [4.69, 9.17) is 4.98 Å². The maximum atomic E-state index is 13.4. The lowest BCUT2D eigenvalue weighted by Crippen LogP contribution is -2.29. The summed E-state index contributed by atoms with van der Waals surface area (Å²) in [6, 6.07) is 2.83. The van der Waals surface area contributed by atoms with Gasteiger partial charge in [-0.2, -0.15) is 0 Å². The van der Waals surface area contributed by atoms with E-state index < -0.39 is 17.5 Å². The molecule has 2 aromatic heterocycles.